The Bertz CT molecular complexity index is 405. The molecular weight excluding hydrogens is 234 g/mol. The second kappa shape index (κ2) is 6.64. The van der Waals surface area contributed by atoms with E-state index >= 15 is 0 Å². The summed E-state index contributed by atoms with van der Waals surface area (Å²) in [5.74, 6) is -1.05. The molecule has 0 bridgehead atoms. The van der Waals surface area contributed by atoms with Gasteiger partial charge in [-0.25, -0.2) is 9.59 Å². The van der Waals surface area contributed by atoms with E-state index in [1.165, 1.54) is 11.8 Å². The molecule has 1 atom stereocenters. The van der Waals surface area contributed by atoms with Crippen molar-refractivity contribution >= 4 is 12.1 Å². The van der Waals surface area contributed by atoms with Crippen LogP contribution in [0.15, 0.2) is 30.3 Å². The van der Waals surface area contributed by atoms with Crippen molar-refractivity contribution in [2.45, 2.75) is 26.5 Å². The number of likely N-dealkylation sites (N-methyl/N-ethyl adjacent to an activating group) is 1. The first kappa shape index (κ1) is 14.0. The molecule has 1 rings (SSSR count). The molecule has 0 saturated heterocycles. The minimum atomic E-state index is -1.05. The summed E-state index contributed by atoms with van der Waals surface area (Å²) in [4.78, 5) is 23.7. The van der Waals surface area contributed by atoms with Crippen LogP contribution in [0.1, 0.15) is 19.4 Å². The highest BCUT2D eigenvalue weighted by molar-refractivity contribution is 5.79. The van der Waals surface area contributed by atoms with Crippen molar-refractivity contribution < 1.29 is 19.4 Å². The van der Waals surface area contributed by atoms with Crippen LogP contribution in [0.2, 0.25) is 0 Å². The number of hydrogen-bond acceptors (Lipinski definition) is 3. The maximum absolute atomic E-state index is 11.7. The van der Waals surface area contributed by atoms with E-state index in [2.05, 4.69) is 0 Å². The van der Waals surface area contributed by atoms with Crippen LogP contribution >= 0.6 is 0 Å². The predicted molar refractivity (Wildman–Crippen MR) is 66.1 cm³/mol. The van der Waals surface area contributed by atoms with Gasteiger partial charge in [0.2, 0.25) is 0 Å². The number of rotatable bonds is 5. The van der Waals surface area contributed by atoms with E-state index in [0.717, 1.165) is 5.56 Å². The summed E-state index contributed by atoms with van der Waals surface area (Å²) in [7, 11) is 0. The van der Waals surface area contributed by atoms with E-state index in [9.17, 15) is 9.59 Å². The van der Waals surface area contributed by atoms with Gasteiger partial charge >= 0.3 is 12.1 Å². The van der Waals surface area contributed by atoms with E-state index in [4.69, 9.17) is 9.84 Å². The number of carboxylic acid groups (broad SMARTS) is 1. The van der Waals surface area contributed by atoms with Crippen LogP contribution in [-0.4, -0.2) is 34.7 Å². The number of amides is 1. The number of hydrogen-bond donors (Lipinski definition) is 1. The lowest BCUT2D eigenvalue weighted by Gasteiger charge is -2.24. The van der Waals surface area contributed by atoms with Crippen molar-refractivity contribution in [3.05, 3.63) is 35.9 Å². The Morgan fingerprint density at radius 1 is 1.33 bits per heavy atom. The van der Waals surface area contributed by atoms with Crippen LogP contribution in [0.5, 0.6) is 0 Å². The first-order chi connectivity index (χ1) is 8.56. The van der Waals surface area contributed by atoms with Crippen molar-refractivity contribution in [2.24, 2.45) is 0 Å². The molecule has 0 aliphatic heterocycles. The van der Waals surface area contributed by atoms with Crippen molar-refractivity contribution in [1.82, 2.24) is 4.90 Å². The molecule has 1 aromatic carbocycles. The lowest BCUT2D eigenvalue weighted by Crippen LogP contribution is -2.43. The van der Waals surface area contributed by atoms with Gasteiger partial charge in [0, 0.05) is 6.54 Å². The molecule has 0 saturated carbocycles. The summed E-state index contributed by atoms with van der Waals surface area (Å²) in [5.41, 5.74) is 0.866. The van der Waals surface area contributed by atoms with Crippen LogP contribution in [0.4, 0.5) is 4.79 Å². The van der Waals surface area contributed by atoms with Gasteiger partial charge < -0.3 is 9.84 Å². The van der Waals surface area contributed by atoms with Crippen molar-refractivity contribution in [3.63, 3.8) is 0 Å². The van der Waals surface area contributed by atoms with Gasteiger partial charge in [0.05, 0.1) is 0 Å². The molecule has 0 aromatic heterocycles. The molecule has 1 aromatic rings. The van der Waals surface area contributed by atoms with Gasteiger partial charge in [-0.1, -0.05) is 30.3 Å². The fraction of sp³-hybridized carbons (Fsp3) is 0.385. The molecule has 1 amide bonds. The van der Waals surface area contributed by atoms with E-state index in [-0.39, 0.29) is 6.61 Å². The summed E-state index contributed by atoms with van der Waals surface area (Å²) in [6, 6.07) is 8.35. The average molecular weight is 251 g/mol. The van der Waals surface area contributed by atoms with Gasteiger partial charge in [0.1, 0.15) is 12.6 Å². The van der Waals surface area contributed by atoms with Gasteiger partial charge in [-0.2, -0.15) is 0 Å². The highest BCUT2D eigenvalue weighted by Crippen LogP contribution is 2.06. The molecule has 5 nitrogen and oxygen atoms in total. The van der Waals surface area contributed by atoms with E-state index in [1.807, 2.05) is 30.3 Å². The zero-order chi connectivity index (χ0) is 13.5. The summed E-state index contributed by atoms with van der Waals surface area (Å²) in [6.45, 7) is 3.60. The summed E-state index contributed by atoms with van der Waals surface area (Å²) in [6.07, 6.45) is -0.615. The Kier molecular flexibility index (Phi) is 5.17. The first-order valence-corrected chi connectivity index (χ1v) is 5.76. The van der Waals surface area contributed by atoms with Crippen LogP contribution in [0.25, 0.3) is 0 Å². The van der Waals surface area contributed by atoms with Crippen LogP contribution in [0, 0.1) is 0 Å². The number of ether oxygens (including phenoxy) is 1. The standard InChI is InChI=1S/C13H17NO4/c1-3-14(10(2)12(15)16)13(17)18-9-11-7-5-4-6-8-11/h4-8,10H,3,9H2,1-2H3,(H,15,16). The third kappa shape index (κ3) is 3.76. The molecule has 5 heteroatoms. The van der Waals surface area contributed by atoms with Gasteiger partial charge in [-0.15, -0.1) is 0 Å². The van der Waals surface area contributed by atoms with Crippen LogP contribution in [-0.2, 0) is 16.1 Å². The van der Waals surface area contributed by atoms with Crippen molar-refractivity contribution in [3.8, 4) is 0 Å². The molecule has 0 fully saturated rings. The number of nitrogens with zero attached hydrogens (tertiary/aromatic N) is 1. The molecular formula is C13H17NO4. The molecule has 18 heavy (non-hydrogen) atoms. The number of carbonyl (C=O) groups excluding carboxylic acids is 1. The first-order valence-electron chi connectivity index (χ1n) is 5.76. The van der Waals surface area contributed by atoms with Crippen LogP contribution < -0.4 is 0 Å². The molecule has 0 aliphatic carbocycles. The maximum Gasteiger partial charge on any atom is 0.410 e. The van der Waals surface area contributed by atoms with Crippen molar-refractivity contribution in [1.29, 1.82) is 0 Å². The number of carbonyl (C=O) groups is 2. The summed E-state index contributed by atoms with van der Waals surface area (Å²) < 4.78 is 5.08. The lowest BCUT2D eigenvalue weighted by molar-refractivity contribution is -0.142. The molecule has 0 aliphatic rings. The van der Waals surface area contributed by atoms with E-state index < -0.39 is 18.1 Å². The van der Waals surface area contributed by atoms with Gasteiger partial charge in [0.15, 0.2) is 0 Å². The largest absolute Gasteiger partial charge is 0.480 e. The molecule has 0 spiro atoms. The molecule has 98 valence electrons. The van der Waals surface area contributed by atoms with Gasteiger partial charge in [-0.3, -0.25) is 4.90 Å². The van der Waals surface area contributed by atoms with E-state index in [1.54, 1.807) is 6.92 Å². The maximum atomic E-state index is 11.7. The molecule has 1 N–H and O–H groups in total. The Labute approximate surface area is 106 Å². The summed E-state index contributed by atoms with van der Waals surface area (Å²) in [5, 5.41) is 8.87. The SMILES string of the molecule is CCN(C(=O)OCc1ccccc1)C(C)C(=O)O. The number of aliphatic carboxylic acids is 1. The average Bonchev–Trinajstić information content (AvgIpc) is 2.38. The highest BCUT2D eigenvalue weighted by Gasteiger charge is 2.25. The lowest BCUT2D eigenvalue weighted by atomic mass is 10.2. The smallest absolute Gasteiger partial charge is 0.410 e. The van der Waals surface area contributed by atoms with Gasteiger partial charge in [0.25, 0.3) is 0 Å². The minimum Gasteiger partial charge on any atom is -0.480 e. The zero-order valence-corrected chi connectivity index (χ0v) is 10.5. The normalized spacial score (nSPS) is 11.7. The quantitative estimate of drug-likeness (QED) is 0.870. The second-order valence-corrected chi connectivity index (χ2v) is 3.84. The number of carboxylic acids is 1. The van der Waals surface area contributed by atoms with Crippen molar-refractivity contribution in [2.75, 3.05) is 6.54 Å². The highest BCUT2D eigenvalue weighted by atomic mass is 16.6. The third-order valence-electron chi connectivity index (χ3n) is 2.61. The molecule has 0 heterocycles. The fourth-order valence-corrected chi connectivity index (χ4v) is 1.50. The Hall–Kier alpha value is -2.04. The molecule has 1 unspecified atom stereocenters. The minimum absolute atomic E-state index is 0.141. The number of benzene rings is 1. The second-order valence-electron chi connectivity index (χ2n) is 3.84. The molecule has 0 radical (unpaired) electrons. The van der Waals surface area contributed by atoms with Gasteiger partial charge in [-0.05, 0) is 19.4 Å². The third-order valence-corrected chi connectivity index (χ3v) is 2.61. The summed E-state index contributed by atoms with van der Waals surface area (Å²) >= 11 is 0. The monoisotopic (exact) mass is 251 g/mol. The fourth-order valence-electron chi connectivity index (χ4n) is 1.50. The van der Waals surface area contributed by atoms with Crippen LogP contribution in [0.3, 0.4) is 0 Å². The zero-order valence-electron chi connectivity index (χ0n) is 10.5. The Balaban J connectivity index is 2.56. The van der Waals surface area contributed by atoms with E-state index in [0.29, 0.717) is 6.54 Å². The topological polar surface area (TPSA) is 66.8 Å². The Morgan fingerprint density at radius 2 is 1.94 bits per heavy atom. The predicted octanol–water partition coefficient (Wildman–Crippen LogP) is 2.12. The Morgan fingerprint density at radius 3 is 2.44 bits per heavy atom.